The fourth-order valence-corrected chi connectivity index (χ4v) is 1.85. The molecule has 0 aromatic carbocycles. The summed E-state index contributed by atoms with van der Waals surface area (Å²) in [6.07, 6.45) is 0. The van der Waals surface area contributed by atoms with Crippen LogP contribution in [0.4, 0.5) is 4.79 Å². The maximum absolute atomic E-state index is 11.2. The highest BCUT2D eigenvalue weighted by Gasteiger charge is 2.20. The molecular formula is C5H14N4O3S. The molecule has 0 spiro atoms. The summed E-state index contributed by atoms with van der Waals surface area (Å²) in [5.41, 5.74) is 9.86. The Labute approximate surface area is 77.2 Å². The Bertz CT molecular complexity index is 263. The molecule has 78 valence electrons. The predicted molar refractivity (Wildman–Crippen MR) is 47.9 cm³/mol. The largest absolute Gasteiger partial charge is 0.351 e. The van der Waals surface area contributed by atoms with Crippen molar-refractivity contribution in [3.05, 3.63) is 0 Å². The molecule has 0 aromatic heterocycles. The highest BCUT2D eigenvalue weighted by atomic mass is 32.2. The zero-order chi connectivity index (χ0) is 10.5. The molecule has 13 heavy (non-hydrogen) atoms. The van der Waals surface area contributed by atoms with Gasteiger partial charge in [0.2, 0.25) is 0 Å². The molecular weight excluding hydrogens is 196 g/mol. The number of primary amides is 1. The highest BCUT2D eigenvalue weighted by molar-refractivity contribution is 7.87. The molecule has 0 radical (unpaired) electrons. The normalized spacial score (nSPS) is 11.6. The van der Waals surface area contributed by atoms with Crippen molar-refractivity contribution in [1.82, 2.24) is 9.03 Å². The molecule has 7 nitrogen and oxygen atoms in total. The van der Waals surface area contributed by atoms with Crippen LogP contribution >= 0.6 is 0 Å². The molecule has 5 N–H and O–H groups in total. The Morgan fingerprint density at radius 3 is 2.38 bits per heavy atom. The predicted octanol–water partition coefficient (Wildman–Crippen LogP) is -1.82. The van der Waals surface area contributed by atoms with Gasteiger partial charge < -0.3 is 11.5 Å². The summed E-state index contributed by atoms with van der Waals surface area (Å²) in [6, 6.07) is -1.10. The number of nitrogens with one attached hydrogen (secondary N) is 1. The lowest BCUT2D eigenvalue weighted by Crippen LogP contribution is -2.47. The van der Waals surface area contributed by atoms with Gasteiger partial charge in [-0.15, -0.1) is 0 Å². The van der Waals surface area contributed by atoms with Gasteiger partial charge in [0, 0.05) is 19.6 Å². The Morgan fingerprint density at radius 1 is 1.54 bits per heavy atom. The Kier molecular flexibility index (Phi) is 4.67. The van der Waals surface area contributed by atoms with Crippen molar-refractivity contribution in [1.29, 1.82) is 0 Å². The van der Waals surface area contributed by atoms with Crippen LogP contribution in [0.15, 0.2) is 0 Å². The number of likely N-dealkylation sites (N-methyl/N-ethyl adjacent to an activating group) is 1. The summed E-state index contributed by atoms with van der Waals surface area (Å²) < 4.78 is 25.1. The van der Waals surface area contributed by atoms with Crippen LogP contribution in [-0.2, 0) is 10.2 Å². The first-order chi connectivity index (χ1) is 5.94. The molecule has 0 saturated carbocycles. The van der Waals surface area contributed by atoms with E-state index in [1.165, 1.54) is 0 Å². The van der Waals surface area contributed by atoms with Crippen LogP contribution in [0.3, 0.4) is 0 Å². The molecule has 0 heterocycles. The van der Waals surface area contributed by atoms with E-state index in [0.717, 1.165) is 4.31 Å². The van der Waals surface area contributed by atoms with Gasteiger partial charge in [0.1, 0.15) is 0 Å². The van der Waals surface area contributed by atoms with Crippen LogP contribution in [0, 0.1) is 0 Å². The first-order valence-electron chi connectivity index (χ1n) is 3.71. The lowest BCUT2D eigenvalue weighted by molar-refractivity contribution is 0.252. The zero-order valence-electron chi connectivity index (χ0n) is 7.36. The van der Waals surface area contributed by atoms with E-state index in [9.17, 15) is 13.2 Å². The van der Waals surface area contributed by atoms with Gasteiger partial charge in [-0.05, 0) is 0 Å². The number of urea groups is 1. The summed E-state index contributed by atoms with van der Waals surface area (Å²) in [7, 11) is -3.81. The van der Waals surface area contributed by atoms with Gasteiger partial charge >= 0.3 is 16.2 Å². The van der Waals surface area contributed by atoms with Crippen molar-refractivity contribution in [2.45, 2.75) is 6.92 Å². The van der Waals surface area contributed by atoms with Crippen molar-refractivity contribution in [2.24, 2.45) is 11.5 Å². The van der Waals surface area contributed by atoms with E-state index in [1.54, 1.807) is 11.6 Å². The third-order valence-corrected chi connectivity index (χ3v) is 2.88. The third kappa shape index (κ3) is 4.06. The number of carbonyl (C=O) groups is 1. The van der Waals surface area contributed by atoms with E-state index in [2.05, 4.69) is 5.73 Å². The summed E-state index contributed by atoms with van der Waals surface area (Å²) in [4.78, 5) is 10.3. The molecule has 2 amide bonds. The minimum atomic E-state index is -3.81. The molecule has 0 aliphatic heterocycles. The van der Waals surface area contributed by atoms with E-state index >= 15 is 0 Å². The average Bonchev–Trinajstić information content (AvgIpc) is 1.97. The second-order valence-electron chi connectivity index (χ2n) is 2.25. The monoisotopic (exact) mass is 210 g/mol. The van der Waals surface area contributed by atoms with Crippen molar-refractivity contribution >= 4 is 16.2 Å². The first-order valence-corrected chi connectivity index (χ1v) is 5.15. The van der Waals surface area contributed by atoms with E-state index in [-0.39, 0.29) is 19.6 Å². The van der Waals surface area contributed by atoms with E-state index in [1.807, 2.05) is 0 Å². The van der Waals surface area contributed by atoms with Crippen LogP contribution in [0.25, 0.3) is 0 Å². The lowest BCUT2D eigenvalue weighted by atomic mass is 10.6. The van der Waals surface area contributed by atoms with Crippen molar-refractivity contribution in [3.63, 3.8) is 0 Å². The molecule has 0 aromatic rings. The van der Waals surface area contributed by atoms with Gasteiger partial charge in [-0.1, -0.05) is 6.92 Å². The Hall–Kier alpha value is -0.860. The van der Waals surface area contributed by atoms with Gasteiger partial charge in [-0.3, -0.25) is 0 Å². The van der Waals surface area contributed by atoms with E-state index < -0.39 is 16.2 Å². The van der Waals surface area contributed by atoms with Crippen LogP contribution in [0.1, 0.15) is 6.92 Å². The lowest BCUT2D eigenvalue weighted by Gasteiger charge is -2.18. The summed E-state index contributed by atoms with van der Waals surface area (Å²) in [6.45, 7) is 2.21. The molecule has 0 unspecified atom stereocenters. The number of amides is 2. The minimum Gasteiger partial charge on any atom is -0.351 e. The maximum atomic E-state index is 11.2. The van der Waals surface area contributed by atoms with Gasteiger partial charge in [0.15, 0.2) is 0 Å². The van der Waals surface area contributed by atoms with Crippen LogP contribution in [0.2, 0.25) is 0 Å². The number of nitrogens with two attached hydrogens (primary N) is 2. The number of hydrogen-bond acceptors (Lipinski definition) is 4. The smallest absolute Gasteiger partial charge is 0.326 e. The van der Waals surface area contributed by atoms with Crippen molar-refractivity contribution in [2.75, 3.05) is 19.6 Å². The van der Waals surface area contributed by atoms with Crippen LogP contribution in [0.5, 0.6) is 0 Å². The first kappa shape index (κ1) is 12.1. The summed E-state index contributed by atoms with van der Waals surface area (Å²) >= 11 is 0. The van der Waals surface area contributed by atoms with Crippen molar-refractivity contribution in [3.8, 4) is 0 Å². The van der Waals surface area contributed by atoms with E-state index in [0.29, 0.717) is 0 Å². The molecule has 0 saturated heterocycles. The molecule has 0 rings (SSSR count). The zero-order valence-corrected chi connectivity index (χ0v) is 8.17. The SMILES string of the molecule is CCN(CCN)S(=O)(=O)NC(N)=O. The van der Waals surface area contributed by atoms with Gasteiger partial charge in [0.25, 0.3) is 0 Å². The van der Waals surface area contributed by atoms with Gasteiger partial charge in [-0.2, -0.15) is 12.7 Å². The highest BCUT2D eigenvalue weighted by Crippen LogP contribution is 1.95. The van der Waals surface area contributed by atoms with Crippen molar-refractivity contribution < 1.29 is 13.2 Å². The standard InChI is InChI=1S/C5H14N4O3S/c1-2-9(4-3-6)13(11,12)8-5(7)10/h2-4,6H2,1H3,(H3,7,8,10). The Morgan fingerprint density at radius 2 is 2.08 bits per heavy atom. The summed E-state index contributed by atoms with van der Waals surface area (Å²) in [5, 5.41) is 0. The molecule has 0 aliphatic rings. The van der Waals surface area contributed by atoms with Gasteiger partial charge in [0.05, 0.1) is 0 Å². The molecule has 0 aliphatic carbocycles. The number of carbonyl (C=O) groups excluding carboxylic acids is 1. The quantitative estimate of drug-likeness (QED) is 0.495. The maximum Gasteiger partial charge on any atom is 0.326 e. The third-order valence-electron chi connectivity index (χ3n) is 1.30. The summed E-state index contributed by atoms with van der Waals surface area (Å²) in [5.74, 6) is 0. The minimum absolute atomic E-state index is 0.152. The molecule has 0 fully saturated rings. The fraction of sp³-hybridized carbons (Fsp3) is 0.800. The van der Waals surface area contributed by atoms with Crippen LogP contribution in [-0.4, -0.2) is 38.4 Å². The molecule has 0 bridgehead atoms. The average molecular weight is 210 g/mol. The second kappa shape index (κ2) is 5.00. The fourth-order valence-electron chi connectivity index (χ4n) is 0.784. The van der Waals surface area contributed by atoms with E-state index in [4.69, 9.17) is 5.73 Å². The molecule has 8 heteroatoms. The van der Waals surface area contributed by atoms with Crippen LogP contribution < -0.4 is 16.2 Å². The molecule has 0 atom stereocenters. The van der Waals surface area contributed by atoms with Gasteiger partial charge in [-0.25, -0.2) is 9.52 Å². The number of nitrogens with zero attached hydrogens (tertiary/aromatic N) is 1. The topological polar surface area (TPSA) is 119 Å². The second-order valence-corrected chi connectivity index (χ2v) is 3.92. The Balaban J connectivity index is 4.48. The number of rotatable bonds is 5. The number of hydrogen-bond donors (Lipinski definition) is 3.